The lowest BCUT2D eigenvalue weighted by Crippen LogP contribution is -2.55. The second kappa shape index (κ2) is 5.30. The number of halogens is 1. The molecule has 0 aromatic heterocycles. The number of nitrogens with zero attached hydrogens (tertiary/aromatic N) is 2. The van der Waals surface area contributed by atoms with Gasteiger partial charge >= 0.3 is 0 Å². The summed E-state index contributed by atoms with van der Waals surface area (Å²) in [4.78, 5) is 2.69. The number of hydrogen-bond acceptors (Lipinski definition) is 3. The fraction of sp³-hybridized carbons (Fsp3) is 0.571. The summed E-state index contributed by atoms with van der Waals surface area (Å²) in [5.41, 5.74) is 0. The predicted octanol–water partition coefficient (Wildman–Crippen LogP) is 2.20. The first-order valence-corrected chi connectivity index (χ1v) is 8.85. The number of likely N-dealkylation sites (N-methyl/N-ethyl adjacent to an activating group) is 1. The summed E-state index contributed by atoms with van der Waals surface area (Å²) in [5, 5.41) is 0.558. The summed E-state index contributed by atoms with van der Waals surface area (Å²) in [6, 6.07) is 6.72. The van der Waals surface area contributed by atoms with E-state index in [2.05, 4.69) is 11.8 Å². The summed E-state index contributed by atoms with van der Waals surface area (Å²) in [5.74, 6) is 0. The SMILES string of the molecule is CCN1CC2CCC(C1)N2S(=O)(=O)c1ccc(Cl)cc1. The first-order valence-electron chi connectivity index (χ1n) is 7.04. The summed E-state index contributed by atoms with van der Waals surface area (Å²) in [6.07, 6.45) is 1.93. The van der Waals surface area contributed by atoms with Crippen molar-refractivity contribution in [3.05, 3.63) is 29.3 Å². The van der Waals surface area contributed by atoms with Crippen LogP contribution in [0.2, 0.25) is 5.02 Å². The van der Waals surface area contributed by atoms with Crippen molar-refractivity contribution in [2.75, 3.05) is 19.6 Å². The molecule has 20 heavy (non-hydrogen) atoms. The summed E-state index contributed by atoms with van der Waals surface area (Å²) >= 11 is 5.84. The largest absolute Gasteiger partial charge is 0.300 e. The van der Waals surface area contributed by atoms with Crippen LogP contribution in [-0.2, 0) is 10.0 Å². The maximum absolute atomic E-state index is 12.8. The van der Waals surface area contributed by atoms with Gasteiger partial charge in [-0.2, -0.15) is 4.31 Å². The van der Waals surface area contributed by atoms with Gasteiger partial charge in [0.15, 0.2) is 0 Å². The third-order valence-corrected chi connectivity index (χ3v) is 6.60. The lowest BCUT2D eigenvalue weighted by Gasteiger charge is -2.39. The number of benzene rings is 1. The van der Waals surface area contributed by atoms with Crippen LogP contribution in [0.15, 0.2) is 29.2 Å². The predicted molar refractivity (Wildman–Crippen MR) is 79.4 cm³/mol. The number of rotatable bonds is 3. The monoisotopic (exact) mass is 314 g/mol. The highest BCUT2D eigenvalue weighted by molar-refractivity contribution is 7.89. The molecule has 1 aromatic carbocycles. The van der Waals surface area contributed by atoms with Gasteiger partial charge in [-0.1, -0.05) is 18.5 Å². The number of likely N-dealkylation sites (tertiary alicyclic amines) is 1. The standard InChI is InChI=1S/C14H19ClN2O2S/c1-2-16-9-12-5-6-13(10-16)17(12)20(18,19)14-7-3-11(15)4-8-14/h3-4,7-8,12-13H,2,5-6,9-10H2,1H3. The minimum absolute atomic E-state index is 0.120. The van der Waals surface area contributed by atoms with E-state index in [1.165, 1.54) is 0 Å². The Morgan fingerprint density at radius 3 is 2.20 bits per heavy atom. The lowest BCUT2D eigenvalue weighted by atomic mass is 10.2. The van der Waals surface area contributed by atoms with E-state index < -0.39 is 10.0 Å². The number of sulfonamides is 1. The Balaban J connectivity index is 1.91. The second-order valence-electron chi connectivity index (χ2n) is 5.53. The van der Waals surface area contributed by atoms with Crippen LogP contribution in [-0.4, -0.2) is 49.3 Å². The Hall–Kier alpha value is -0.620. The summed E-state index contributed by atoms with van der Waals surface area (Å²) in [6.45, 7) is 4.81. The molecule has 0 N–H and O–H groups in total. The van der Waals surface area contributed by atoms with Crippen molar-refractivity contribution in [2.45, 2.75) is 36.7 Å². The average Bonchev–Trinajstić information content (AvgIpc) is 2.71. The van der Waals surface area contributed by atoms with Crippen LogP contribution >= 0.6 is 11.6 Å². The molecule has 6 heteroatoms. The minimum atomic E-state index is -3.40. The molecule has 1 aromatic rings. The highest BCUT2D eigenvalue weighted by atomic mass is 35.5. The van der Waals surface area contributed by atoms with Crippen LogP contribution < -0.4 is 0 Å². The zero-order valence-electron chi connectivity index (χ0n) is 11.5. The molecular formula is C14H19ClN2O2S. The van der Waals surface area contributed by atoms with Crippen molar-refractivity contribution in [3.63, 3.8) is 0 Å². The Morgan fingerprint density at radius 2 is 1.70 bits per heavy atom. The quantitative estimate of drug-likeness (QED) is 0.859. The number of fused-ring (bicyclic) bond motifs is 2. The number of piperazine rings is 1. The Labute approximate surface area is 125 Å². The van der Waals surface area contributed by atoms with Gasteiger partial charge in [0.25, 0.3) is 0 Å². The summed E-state index contributed by atoms with van der Waals surface area (Å²) < 4.78 is 27.4. The molecule has 2 aliphatic rings. The Bertz CT molecular complexity index is 574. The van der Waals surface area contributed by atoms with Crippen molar-refractivity contribution in [1.29, 1.82) is 0 Å². The topological polar surface area (TPSA) is 40.6 Å². The van der Waals surface area contributed by atoms with E-state index in [0.29, 0.717) is 9.92 Å². The fourth-order valence-corrected chi connectivity index (χ4v) is 5.31. The van der Waals surface area contributed by atoms with E-state index in [1.54, 1.807) is 28.6 Å². The Morgan fingerprint density at radius 1 is 1.15 bits per heavy atom. The second-order valence-corrected chi connectivity index (χ2v) is 7.81. The van der Waals surface area contributed by atoms with Crippen molar-refractivity contribution in [1.82, 2.24) is 9.21 Å². The molecule has 0 radical (unpaired) electrons. The highest BCUT2D eigenvalue weighted by Gasteiger charge is 2.46. The third kappa shape index (κ3) is 2.37. The number of hydrogen-bond donors (Lipinski definition) is 0. The van der Waals surface area contributed by atoms with Crippen molar-refractivity contribution >= 4 is 21.6 Å². The van der Waals surface area contributed by atoms with Gasteiger partial charge in [0.05, 0.1) is 4.90 Å². The van der Waals surface area contributed by atoms with Crippen LogP contribution in [0.4, 0.5) is 0 Å². The van der Waals surface area contributed by atoms with Gasteiger partial charge in [-0.05, 0) is 43.7 Å². The maximum Gasteiger partial charge on any atom is 0.243 e. The van der Waals surface area contributed by atoms with Crippen LogP contribution in [0.3, 0.4) is 0 Å². The molecular weight excluding hydrogens is 296 g/mol. The smallest absolute Gasteiger partial charge is 0.243 e. The van der Waals surface area contributed by atoms with Crippen molar-refractivity contribution < 1.29 is 8.42 Å². The highest BCUT2D eigenvalue weighted by Crippen LogP contribution is 2.35. The third-order valence-electron chi connectivity index (χ3n) is 4.33. The minimum Gasteiger partial charge on any atom is -0.300 e. The first kappa shape index (κ1) is 14.3. The summed E-state index contributed by atoms with van der Waals surface area (Å²) in [7, 11) is -3.40. The van der Waals surface area contributed by atoms with E-state index in [4.69, 9.17) is 11.6 Å². The molecule has 3 rings (SSSR count). The molecule has 0 spiro atoms. The lowest BCUT2D eigenvalue weighted by molar-refractivity contribution is 0.135. The molecule has 2 unspecified atom stereocenters. The molecule has 2 heterocycles. The van der Waals surface area contributed by atoms with E-state index >= 15 is 0 Å². The zero-order chi connectivity index (χ0) is 14.3. The molecule has 2 saturated heterocycles. The molecule has 4 nitrogen and oxygen atoms in total. The van der Waals surface area contributed by atoms with Gasteiger partial charge in [0.2, 0.25) is 10.0 Å². The van der Waals surface area contributed by atoms with E-state index in [-0.39, 0.29) is 12.1 Å². The zero-order valence-corrected chi connectivity index (χ0v) is 13.1. The van der Waals surface area contributed by atoms with Gasteiger partial charge in [0, 0.05) is 30.2 Å². The van der Waals surface area contributed by atoms with E-state index in [9.17, 15) is 8.42 Å². The average molecular weight is 315 g/mol. The molecule has 0 saturated carbocycles. The molecule has 2 bridgehead atoms. The molecule has 2 fully saturated rings. The maximum atomic E-state index is 12.8. The molecule has 2 atom stereocenters. The van der Waals surface area contributed by atoms with Gasteiger partial charge in [-0.3, -0.25) is 0 Å². The molecule has 2 aliphatic heterocycles. The van der Waals surface area contributed by atoms with Gasteiger partial charge in [-0.25, -0.2) is 8.42 Å². The normalized spacial score (nSPS) is 27.9. The molecule has 0 amide bonds. The van der Waals surface area contributed by atoms with Crippen molar-refractivity contribution in [2.24, 2.45) is 0 Å². The van der Waals surface area contributed by atoms with Crippen LogP contribution in [0.5, 0.6) is 0 Å². The Kier molecular flexibility index (Phi) is 3.79. The van der Waals surface area contributed by atoms with E-state index in [1.807, 2.05) is 0 Å². The van der Waals surface area contributed by atoms with Gasteiger partial charge in [0.1, 0.15) is 0 Å². The fourth-order valence-electron chi connectivity index (χ4n) is 3.33. The molecule has 0 aliphatic carbocycles. The first-order chi connectivity index (χ1) is 9.52. The van der Waals surface area contributed by atoms with Crippen LogP contribution in [0.1, 0.15) is 19.8 Å². The van der Waals surface area contributed by atoms with Gasteiger partial charge in [-0.15, -0.1) is 0 Å². The molecule has 110 valence electrons. The van der Waals surface area contributed by atoms with Gasteiger partial charge < -0.3 is 4.90 Å². The van der Waals surface area contributed by atoms with Crippen LogP contribution in [0, 0.1) is 0 Å². The van der Waals surface area contributed by atoms with E-state index in [0.717, 1.165) is 32.5 Å². The van der Waals surface area contributed by atoms with Crippen molar-refractivity contribution in [3.8, 4) is 0 Å². The van der Waals surface area contributed by atoms with Crippen LogP contribution in [0.25, 0.3) is 0 Å².